The first kappa shape index (κ1) is 18.2. The van der Waals surface area contributed by atoms with Gasteiger partial charge in [-0.05, 0) is 23.8 Å². The summed E-state index contributed by atoms with van der Waals surface area (Å²) in [4.78, 5) is 26.9. The zero-order valence-corrected chi connectivity index (χ0v) is 14.2. The van der Waals surface area contributed by atoms with Gasteiger partial charge in [-0.3, -0.25) is 0 Å². The molecule has 2 aromatic carbocycles. The van der Waals surface area contributed by atoms with Gasteiger partial charge < -0.3 is 25.3 Å². The van der Waals surface area contributed by atoms with E-state index < -0.39 is 18.0 Å². The van der Waals surface area contributed by atoms with Gasteiger partial charge in [-0.1, -0.05) is 36.4 Å². The van der Waals surface area contributed by atoms with Crippen molar-refractivity contribution in [1.82, 2.24) is 9.97 Å². The smallest absolute Gasteiger partial charge is 0.352 e. The summed E-state index contributed by atoms with van der Waals surface area (Å²) in [5.41, 5.74) is 2.86. The molecule has 7 nitrogen and oxygen atoms in total. The number of aliphatic hydroxyl groups excluding tert-OH is 1. The normalized spacial score (nSPS) is 11.7. The maximum Gasteiger partial charge on any atom is 0.352 e. The van der Waals surface area contributed by atoms with E-state index in [9.17, 15) is 14.7 Å². The number of carboxylic acids is 2. The number of hydrogen-bond acceptors (Lipinski definition) is 3. The van der Waals surface area contributed by atoms with E-state index >= 15 is 0 Å². The molecule has 4 rings (SSSR count). The highest BCUT2D eigenvalue weighted by molar-refractivity contribution is 5.93. The van der Waals surface area contributed by atoms with Crippen LogP contribution in [0.4, 0.5) is 0 Å². The van der Waals surface area contributed by atoms with Gasteiger partial charge in [0.2, 0.25) is 0 Å². The Kier molecular flexibility index (Phi) is 5.23. The molecule has 0 spiro atoms. The average molecular weight is 366 g/mol. The van der Waals surface area contributed by atoms with E-state index in [1.165, 1.54) is 0 Å². The molecule has 1 atom stereocenters. The fraction of sp³-hybridized carbons (Fsp3) is 0.100. The van der Waals surface area contributed by atoms with Crippen LogP contribution in [0.25, 0.3) is 21.8 Å². The summed E-state index contributed by atoms with van der Waals surface area (Å²) >= 11 is 0. The molecular weight excluding hydrogens is 348 g/mol. The van der Waals surface area contributed by atoms with E-state index in [2.05, 4.69) is 9.97 Å². The molecule has 4 aromatic rings. The van der Waals surface area contributed by atoms with Crippen LogP contribution in [0.1, 0.15) is 16.1 Å². The number of H-pyrrole nitrogens is 2. The van der Waals surface area contributed by atoms with E-state index in [4.69, 9.17) is 10.2 Å². The van der Waals surface area contributed by atoms with Gasteiger partial charge in [-0.25, -0.2) is 9.59 Å². The van der Waals surface area contributed by atoms with Crippen LogP contribution < -0.4 is 0 Å². The van der Waals surface area contributed by atoms with Gasteiger partial charge in [-0.15, -0.1) is 0 Å². The Morgan fingerprint density at radius 3 is 2.30 bits per heavy atom. The van der Waals surface area contributed by atoms with Crippen LogP contribution in [0.15, 0.2) is 60.8 Å². The van der Waals surface area contributed by atoms with Gasteiger partial charge in [0.05, 0.1) is 0 Å². The van der Waals surface area contributed by atoms with Crippen molar-refractivity contribution in [1.29, 1.82) is 0 Å². The minimum absolute atomic E-state index is 0.124. The Morgan fingerprint density at radius 2 is 1.63 bits per heavy atom. The number of fused-ring (bicyclic) bond motifs is 2. The van der Waals surface area contributed by atoms with Crippen molar-refractivity contribution in [3.8, 4) is 0 Å². The van der Waals surface area contributed by atoms with Crippen LogP contribution in [-0.2, 0) is 11.2 Å². The highest BCUT2D eigenvalue weighted by Gasteiger charge is 2.15. The fourth-order valence-corrected chi connectivity index (χ4v) is 2.78. The van der Waals surface area contributed by atoms with Gasteiger partial charge >= 0.3 is 11.9 Å². The average Bonchev–Trinajstić information content (AvgIpc) is 3.27. The lowest BCUT2D eigenvalue weighted by atomic mass is 10.1. The third kappa shape index (κ3) is 4.16. The number of benzene rings is 2. The molecule has 5 N–H and O–H groups in total. The Labute approximate surface area is 153 Å². The van der Waals surface area contributed by atoms with Crippen LogP contribution >= 0.6 is 0 Å². The first-order chi connectivity index (χ1) is 13.0. The van der Waals surface area contributed by atoms with Crippen molar-refractivity contribution in [3.63, 3.8) is 0 Å². The fourth-order valence-electron chi connectivity index (χ4n) is 2.78. The molecule has 1 unspecified atom stereocenters. The number of para-hydroxylation sites is 2. The molecule has 0 aliphatic heterocycles. The zero-order valence-electron chi connectivity index (χ0n) is 14.2. The molecule has 0 amide bonds. The van der Waals surface area contributed by atoms with Crippen molar-refractivity contribution >= 4 is 33.7 Å². The lowest BCUT2D eigenvalue weighted by Gasteiger charge is -2.03. The van der Waals surface area contributed by atoms with Gasteiger partial charge in [0.25, 0.3) is 0 Å². The molecule has 138 valence electrons. The number of carboxylic acid groups (broad SMARTS) is 2. The first-order valence-corrected chi connectivity index (χ1v) is 8.22. The Balaban J connectivity index is 0.000000159. The van der Waals surface area contributed by atoms with Crippen molar-refractivity contribution in [3.05, 3.63) is 72.1 Å². The number of aromatic carboxylic acids is 1. The topological polar surface area (TPSA) is 126 Å². The second-order valence-electron chi connectivity index (χ2n) is 5.99. The van der Waals surface area contributed by atoms with Gasteiger partial charge in [0.15, 0.2) is 6.10 Å². The summed E-state index contributed by atoms with van der Waals surface area (Å²) < 4.78 is 0. The minimum Gasteiger partial charge on any atom is -0.479 e. The van der Waals surface area contributed by atoms with Gasteiger partial charge in [-0.2, -0.15) is 0 Å². The van der Waals surface area contributed by atoms with E-state index in [1.807, 2.05) is 48.5 Å². The Bertz CT molecular complexity index is 1060. The SMILES string of the molecule is O=C(O)C(O)Cc1c[nH]c2ccccc12.O=C(O)c1cc2ccccc2[nH]1. The van der Waals surface area contributed by atoms with Crippen LogP contribution in [0, 0.1) is 0 Å². The van der Waals surface area contributed by atoms with Crippen LogP contribution in [0.5, 0.6) is 0 Å². The standard InChI is InChI=1S/C11H11NO3.C9H7NO2/c13-10(11(14)15)5-7-6-12-9-4-2-1-3-8(7)9;11-9(12)8-5-6-3-1-2-4-7(6)10-8/h1-4,6,10,12-13H,5H2,(H,14,15);1-5,10H,(H,11,12). The molecule has 0 radical (unpaired) electrons. The molecular formula is C20H18N2O5. The van der Waals surface area contributed by atoms with Crippen LogP contribution in [-0.4, -0.2) is 43.3 Å². The van der Waals surface area contributed by atoms with Crippen LogP contribution in [0.3, 0.4) is 0 Å². The molecule has 0 aliphatic rings. The lowest BCUT2D eigenvalue weighted by Crippen LogP contribution is -2.21. The van der Waals surface area contributed by atoms with Crippen molar-refractivity contribution in [2.24, 2.45) is 0 Å². The first-order valence-electron chi connectivity index (χ1n) is 8.22. The molecule has 2 aromatic heterocycles. The predicted molar refractivity (Wildman–Crippen MR) is 101 cm³/mol. The van der Waals surface area contributed by atoms with Crippen molar-refractivity contribution in [2.75, 3.05) is 0 Å². The summed E-state index contributed by atoms with van der Waals surface area (Å²) in [7, 11) is 0. The quantitative estimate of drug-likeness (QED) is 0.379. The number of aromatic amines is 2. The highest BCUT2D eigenvalue weighted by Crippen LogP contribution is 2.19. The number of aromatic nitrogens is 2. The van der Waals surface area contributed by atoms with E-state index in [1.54, 1.807) is 12.3 Å². The molecule has 2 heterocycles. The molecule has 0 saturated carbocycles. The van der Waals surface area contributed by atoms with Crippen LogP contribution in [0.2, 0.25) is 0 Å². The second-order valence-corrected chi connectivity index (χ2v) is 5.99. The number of nitrogens with one attached hydrogen (secondary N) is 2. The molecule has 0 bridgehead atoms. The highest BCUT2D eigenvalue weighted by atomic mass is 16.4. The summed E-state index contributed by atoms with van der Waals surface area (Å²) in [6, 6.07) is 16.7. The van der Waals surface area contributed by atoms with E-state index in [0.717, 1.165) is 27.4 Å². The molecule has 7 heteroatoms. The largest absolute Gasteiger partial charge is 0.479 e. The minimum atomic E-state index is -1.34. The Hall–Kier alpha value is -3.58. The second kappa shape index (κ2) is 7.76. The van der Waals surface area contributed by atoms with Gasteiger partial charge in [0, 0.05) is 34.4 Å². The predicted octanol–water partition coefficient (Wildman–Crippen LogP) is 3.02. The maximum absolute atomic E-state index is 10.5. The zero-order chi connectivity index (χ0) is 19.4. The third-order valence-electron chi connectivity index (χ3n) is 4.13. The number of hydrogen-bond donors (Lipinski definition) is 5. The van der Waals surface area contributed by atoms with E-state index in [0.29, 0.717) is 0 Å². The summed E-state index contributed by atoms with van der Waals surface area (Å²) in [6.45, 7) is 0. The van der Waals surface area contributed by atoms with E-state index in [-0.39, 0.29) is 12.1 Å². The molecule has 0 aliphatic carbocycles. The number of aliphatic hydroxyl groups is 1. The van der Waals surface area contributed by atoms with Crippen molar-refractivity contribution in [2.45, 2.75) is 12.5 Å². The number of rotatable bonds is 4. The summed E-state index contributed by atoms with van der Waals surface area (Å²) in [5.74, 6) is -2.12. The summed E-state index contributed by atoms with van der Waals surface area (Å²) in [6.07, 6.45) is 0.514. The van der Waals surface area contributed by atoms with Crippen molar-refractivity contribution < 1.29 is 24.9 Å². The Morgan fingerprint density at radius 1 is 0.963 bits per heavy atom. The summed E-state index contributed by atoms with van der Waals surface area (Å²) in [5, 5.41) is 28.4. The number of carbonyl (C=O) groups is 2. The maximum atomic E-state index is 10.5. The third-order valence-corrected chi connectivity index (χ3v) is 4.13. The monoisotopic (exact) mass is 366 g/mol. The lowest BCUT2D eigenvalue weighted by molar-refractivity contribution is -0.146. The number of aliphatic carboxylic acids is 1. The van der Waals surface area contributed by atoms with Gasteiger partial charge in [0.1, 0.15) is 5.69 Å². The molecule has 0 fully saturated rings. The molecule has 0 saturated heterocycles. The molecule has 27 heavy (non-hydrogen) atoms.